The van der Waals surface area contributed by atoms with E-state index in [1.54, 1.807) is 6.20 Å². The molecule has 0 saturated carbocycles. The number of aryl methyl sites for hydroxylation is 1. The number of hydrogen-bond acceptors (Lipinski definition) is 6. The van der Waals surface area contributed by atoms with Crippen molar-refractivity contribution in [3.63, 3.8) is 0 Å². The summed E-state index contributed by atoms with van der Waals surface area (Å²) in [6, 6.07) is 13.7. The van der Waals surface area contributed by atoms with Gasteiger partial charge in [-0.15, -0.1) is 0 Å². The third kappa shape index (κ3) is 4.44. The molecule has 29 heavy (non-hydrogen) atoms. The minimum Gasteiger partial charge on any atom is -0.491 e. The van der Waals surface area contributed by atoms with Crippen LogP contribution < -0.4 is 10.1 Å². The van der Waals surface area contributed by atoms with Crippen LogP contribution in [0.3, 0.4) is 0 Å². The SMILES string of the molecule is Cn1c2ccncc2c2ccc(Nc3cccc(OCCOCCSF)c3)nc21. The quantitative estimate of drug-likeness (QED) is 0.396. The fraction of sp³-hybridized carbons (Fsp3) is 0.238. The number of fused-ring (bicyclic) bond motifs is 3. The third-order valence-electron chi connectivity index (χ3n) is 4.55. The Bertz CT molecular complexity index is 1120. The zero-order valence-electron chi connectivity index (χ0n) is 16.0. The van der Waals surface area contributed by atoms with Crippen molar-refractivity contribution in [3.8, 4) is 5.75 Å². The van der Waals surface area contributed by atoms with Crippen molar-refractivity contribution in [2.45, 2.75) is 0 Å². The molecule has 1 N–H and O–H groups in total. The van der Waals surface area contributed by atoms with E-state index in [2.05, 4.69) is 20.9 Å². The summed E-state index contributed by atoms with van der Waals surface area (Å²) in [6.07, 6.45) is 3.66. The number of benzene rings is 1. The molecule has 0 aliphatic rings. The molecule has 6 nitrogen and oxygen atoms in total. The molecule has 1 aromatic carbocycles. The van der Waals surface area contributed by atoms with Crippen molar-refractivity contribution in [2.24, 2.45) is 7.05 Å². The number of nitrogens with one attached hydrogen (secondary N) is 1. The molecule has 0 unspecified atom stereocenters. The van der Waals surface area contributed by atoms with Crippen molar-refractivity contribution in [1.29, 1.82) is 0 Å². The number of nitrogens with zero attached hydrogens (tertiary/aromatic N) is 3. The van der Waals surface area contributed by atoms with Crippen LogP contribution in [0.25, 0.3) is 21.9 Å². The van der Waals surface area contributed by atoms with Crippen molar-refractivity contribution in [2.75, 3.05) is 30.9 Å². The molecule has 0 spiro atoms. The van der Waals surface area contributed by atoms with E-state index in [9.17, 15) is 3.89 Å². The maximum atomic E-state index is 11.9. The van der Waals surface area contributed by atoms with Gasteiger partial charge in [-0.1, -0.05) is 6.07 Å². The summed E-state index contributed by atoms with van der Waals surface area (Å²) >= 11 is 0.277. The molecular weight excluding hydrogens is 391 g/mol. The molecule has 0 bridgehead atoms. The fourth-order valence-corrected chi connectivity index (χ4v) is 3.39. The zero-order valence-corrected chi connectivity index (χ0v) is 16.8. The van der Waals surface area contributed by atoms with Gasteiger partial charge in [-0.25, -0.2) is 4.98 Å². The number of hydrogen-bond donors (Lipinski definition) is 1. The first kappa shape index (κ1) is 19.5. The van der Waals surface area contributed by atoms with Gasteiger partial charge in [0.25, 0.3) is 0 Å². The second-order valence-corrected chi connectivity index (χ2v) is 7.07. The lowest BCUT2D eigenvalue weighted by molar-refractivity contribution is 0.112. The molecule has 3 aromatic heterocycles. The highest BCUT2D eigenvalue weighted by molar-refractivity contribution is 7.94. The monoisotopic (exact) mass is 412 g/mol. The molecular formula is C21H21FN4O2S. The number of pyridine rings is 2. The Kier molecular flexibility index (Phi) is 6.12. The highest BCUT2D eigenvalue weighted by Crippen LogP contribution is 2.28. The van der Waals surface area contributed by atoms with Crippen molar-refractivity contribution >= 4 is 45.6 Å². The number of halogens is 1. The zero-order chi connectivity index (χ0) is 20.1. The van der Waals surface area contributed by atoms with Crippen molar-refractivity contribution in [3.05, 3.63) is 54.9 Å². The first-order valence-electron chi connectivity index (χ1n) is 9.26. The molecule has 0 amide bonds. The highest BCUT2D eigenvalue weighted by atomic mass is 32.2. The molecule has 150 valence electrons. The second-order valence-electron chi connectivity index (χ2n) is 6.45. The standard InChI is InChI=1S/C21H21FN4O2S/c1-26-19-7-8-23-14-18(19)17-5-6-20(25-21(17)26)24-15-3-2-4-16(13-15)28-10-9-27-11-12-29-22/h2-8,13-14H,9-12H2,1H3,(H,24,25). The minimum absolute atomic E-state index is 0.277. The Morgan fingerprint density at radius 3 is 2.93 bits per heavy atom. The summed E-state index contributed by atoms with van der Waals surface area (Å²) in [7, 11) is 2.00. The normalized spacial score (nSPS) is 11.2. The van der Waals surface area contributed by atoms with Gasteiger partial charge in [0.05, 0.1) is 18.7 Å². The average molecular weight is 412 g/mol. The van der Waals surface area contributed by atoms with E-state index in [-0.39, 0.29) is 12.1 Å². The molecule has 4 aromatic rings. The third-order valence-corrected chi connectivity index (χ3v) is 4.87. The molecule has 0 aliphatic carbocycles. The summed E-state index contributed by atoms with van der Waals surface area (Å²) in [5.74, 6) is 1.82. The minimum atomic E-state index is 0.277. The summed E-state index contributed by atoms with van der Waals surface area (Å²) in [5, 5.41) is 5.49. The van der Waals surface area contributed by atoms with Gasteiger partial charge < -0.3 is 19.4 Å². The van der Waals surface area contributed by atoms with E-state index in [1.807, 2.05) is 49.6 Å². The van der Waals surface area contributed by atoms with Gasteiger partial charge in [0.15, 0.2) is 0 Å². The molecule has 0 radical (unpaired) electrons. The van der Waals surface area contributed by atoms with Gasteiger partial charge in [0.2, 0.25) is 0 Å². The fourth-order valence-electron chi connectivity index (χ4n) is 3.21. The van der Waals surface area contributed by atoms with Crippen LogP contribution in [0.5, 0.6) is 5.75 Å². The van der Waals surface area contributed by atoms with Crippen LogP contribution in [0.1, 0.15) is 0 Å². The van der Waals surface area contributed by atoms with Crippen LogP contribution in [-0.2, 0) is 11.8 Å². The predicted molar refractivity (Wildman–Crippen MR) is 116 cm³/mol. The molecule has 3 heterocycles. The highest BCUT2D eigenvalue weighted by Gasteiger charge is 2.10. The second kappa shape index (κ2) is 9.11. The van der Waals surface area contributed by atoms with Crippen LogP contribution in [0.15, 0.2) is 54.9 Å². The number of aromatic nitrogens is 3. The molecule has 0 atom stereocenters. The molecule has 8 heteroatoms. The van der Waals surface area contributed by atoms with Crippen molar-refractivity contribution < 1.29 is 13.4 Å². The van der Waals surface area contributed by atoms with Crippen LogP contribution >= 0.6 is 12.1 Å². The first-order valence-corrected chi connectivity index (χ1v) is 10.1. The Balaban J connectivity index is 1.46. The van der Waals surface area contributed by atoms with Gasteiger partial charge in [-0.3, -0.25) is 4.98 Å². The number of anilines is 2. The van der Waals surface area contributed by atoms with E-state index in [0.29, 0.717) is 25.6 Å². The van der Waals surface area contributed by atoms with E-state index in [4.69, 9.17) is 14.5 Å². The Labute approximate surface area is 172 Å². The van der Waals surface area contributed by atoms with Crippen LogP contribution in [0.2, 0.25) is 0 Å². The predicted octanol–water partition coefficient (Wildman–Crippen LogP) is 4.88. The van der Waals surface area contributed by atoms with Gasteiger partial charge in [-0.05, 0) is 30.3 Å². The van der Waals surface area contributed by atoms with Crippen LogP contribution in [0, 0.1) is 0 Å². The summed E-state index contributed by atoms with van der Waals surface area (Å²) in [6.45, 7) is 1.21. The lowest BCUT2D eigenvalue weighted by Crippen LogP contribution is -2.08. The van der Waals surface area contributed by atoms with Gasteiger partial charge in [0, 0.05) is 59.9 Å². The van der Waals surface area contributed by atoms with Gasteiger partial charge >= 0.3 is 0 Å². The maximum absolute atomic E-state index is 11.9. The topological polar surface area (TPSA) is 61.2 Å². The van der Waals surface area contributed by atoms with E-state index in [0.717, 1.165) is 39.2 Å². The van der Waals surface area contributed by atoms with Crippen LogP contribution in [0.4, 0.5) is 15.4 Å². The van der Waals surface area contributed by atoms with E-state index >= 15 is 0 Å². The summed E-state index contributed by atoms with van der Waals surface area (Å²) in [5.41, 5.74) is 2.88. The molecule has 4 rings (SSSR count). The Morgan fingerprint density at radius 2 is 2.03 bits per heavy atom. The number of ether oxygens (including phenoxy) is 2. The van der Waals surface area contributed by atoms with Gasteiger partial charge in [-0.2, -0.15) is 3.89 Å². The van der Waals surface area contributed by atoms with Crippen LogP contribution in [-0.4, -0.2) is 40.1 Å². The summed E-state index contributed by atoms with van der Waals surface area (Å²) < 4.78 is 25.0. The van der Waals surface area contributed by atoms with E-state index < -0.39 is 0 Å². The first-order chi connectivity index (χ1) is 14.3. The lowest BCUT2D eigenvalue weighted by Gasteiger charge is -2.10. The molecule has 0 saturated heterocycles. The van der Waals surface area contributed by atoms with Crippen molar-refractivity contribution in [1.82, 2.24) is 14.5 Å². The number of rotatable bonds is 9. The molecule has 0 fully saturated rings. The average Bonchev–Trinajstić information content (AvgIpc) is 3.03. The Hall–Kier alpha value is -2.84. The molecule has 0 aliphatic heterocycles. The van der Waals surface area contributed by atoms with Gasteiger partial charge in [0.1, 0.15) is 23.8 Å². The maximum Gasteiger partial charge on any atom is 0.143 e. The lowest BCUT2D eigenvalue weighted by atomic mass is 10.2. The van der Waals surface area contributed by atoms with E-state index in [1.165, 1.54) is 0 Å². The smallest absolute Gasteiger partial charge is 0.143 e. The largest absolute Gasteiger partial charge is 0.491 e. The Morgan fingerprint density at radius 1 is 1.10 bits per heavy atom. The summed E-state index contributed by atoms with van der Waals surface area (Å²) in [4.78, 5) is 9.00.